The lowest BCUT2D eigenvalue weighted by atomic mass is 9.76. The van der Waals surface area contributed by atoms with Crippen molar-refractivity contribution >= 4 is 87.9 Å². The van der Waals surface area contributed by atoms with Crippen molar-refractivity contribution < 1.29 is 89.1 Å². The van der Waals surface area contributed by atoms with Gasteiger partial charge in [-0.2, -0.15) is 12.6 Å². The predicted octanol–water partition coefficient (Wildman–Crippen LogP) is -2.59. The summed E-state index contributed by atoms with van der Waals surface area (Å²) in [5.41, 5.74) is 5.99. The molecule has 0 aromatic carbocycles. The number of hydrogen-bond acceptors (Lipinski definition) is 15. The number of thiol groups is 1. The maximum absolute atomic E-state index is 11.8. The second-order valence-corrected chi connectivity index (χ2v) is 12.1. The van der Waals surface area contributed by atoms with E-state index < -0.39 is 120 Å². The van der Waals surface area contributed by atoms with Gasteiger partial charge < -0.3 is 57.4 Å². The molecule has 0 heterocycles. The maximum atomic E-state index is 11.8. The molecule has 0 aliphatic heterocycles. The van der Waals surface area contributed by atoms with Gasteiger partial charge in [0.05, 0.1) is 43.5 Å². The van der Waals surface area contributed by atoms with Gasteiger partial charge in [-0.15, -0.1) is 0 Å². The third kappa shape index (κ3) is 14.7. The van der Waals surface area contributed by atoms with Crippen molar-refractivity contribution in [3.63, 3.8) is 0 Å². The molecule has 0 aliphatic rings. The van der Waals surface area contributed by atoms with Gasteiger partial charge in [0.15, 0.2) is 0 Å². The van der Waals surface area contributed by atoms with Crippen molar-refractivity contribution in [3.8, 4) is 0 Å². The largest absolute Gasteiger partial charge is 0.481 e. The molecule has 256 valence electrons. The van der Waals surface area contributed by atoms with Crippen LogP contribution in [0.25, 0.3) is 0 Å². The molecule has 0 spiro atoms. The van der Waals surface area contributed by atoms with E-state index in [0.717, 1.165) is 4.90 Å². The monoisotopic (exact) mass is 709 g/mol. The summed E-state index contributed by atoms with van der Waals surface area (Å²) < 4.78 is -2.47. The van der Waals surface area contributed by atoms with Crippen LogP contribution in [0.3, 0.4) is 0 Å². The molecule has 0 aromatic rings. The Morgan fingerprint density at radius 3 is 1.29 bits per heavy atom. The van der Waals surface area contributed by atoms with Crippen LogP contribution in [0.1, 0.15) is 25.7 Å². The lowest BCUT2D eigenvalue weighted by Crippen LogP contribution is -2.66. The number of nitrogens with zero attached hydrogens (tertiary/aromatic N) is 1. The Labute approximate surface area is 265 Å². The highest BCUT2D eigenvalue weighted by molar-refractivity contribution is 8.77. The zero-order chi connectivity index (χ0) is 35.9. The van der Waals surface area contributed by atoms with E-state index >= 15 is 0 Å². The normalized spacial score (nSPS) is 14.4. The molecule has 24 heteroatoms. The van der Waals surface area contributed by atoms with Crippen molar-refractivity contribution in [3.05, 3.63) is 0 Å². The molecule has 3 atom stereocenters. The molecule has 0 fully saturated rings. The summed E-state index contributed by atoms with van der Waals surface area (Å²) in [7, 11) is 0.601. The number of carboxylic acid groups (broad SMARTS) is 9. The lowest BCUT2D eigenvalue weighted by molar-refractivity contribution is -0.154. The van der Waals surface area contributed by atoms with Crippen LogP contribution in [0.15, 0.2) is 0 Å². The van der Waals surface area contributed by atoms with Gasteiger partial charge in [0.2, 0.25) is 0 Å². The zero-order valence-electron chi connectivity index (χ0n) is 22.8. The van der Waals surface area contributed by atoms with Crippen LogP contribution in [0.5, 0.6) is 0 Å². The van der Waals surface area contributed by atoms with E-state index in [9.17, 15) is 63.6 Å². The average Bonchev–Trinajstić information content (AvgIpc) is 2.81. The molecule has 0 bridgehead atoms. The molecule has 2 unspecified atom stereocenters. The van der Waals surface area contributed by atoms with Crippen molar-refractivity contribution in [2.24, 2.45) is 11.5 Å². The molecule has 13 N–H and O–H groups in total. The zero-order valence-corrected chi connectivity index (χ0v) is 25.3. The van der Waals surface area contributed by atoms with Crippen molar-refractivity contribution in [1.29, 1.82) is 0 Å². The van der Waals surface area contributed by atoms with Crippen LogP contribution in [0, 0.1) is 0 Å². The highest BCUT2D eigenvalue weighted by Gasteiger charge is 2.59. The standard InChI is InChI=1S/C14H20N2O12S2.C7H11NO6S/c15-12(10(25)26,1-6(17)18)5-29-30-13(2-7(19)20,3-8(21)22)14(16,11(27)28)4-9(23)24;9-5(10)1-8(2-6(11)12)4(3-15)7(13)14/h1-5,15-16H2,(H,17,18)(H,19,20)(H,21,22)(H,23,24)(H,25,26)(H,27,28);4,15H,1-3H2,(H,9,10)(H,11,12)(H,13,14)/t;4-/m.0/s1. The van der Waals surface area contributed by atoms with Crippen LogP contribution in [0.2, 0.25) is 0 Å². The number of aliphatic carboxylic acids is 9. The molecule has 45 heavy (non-hydrogen) atoms. The smallest absolute Gasteiger partial charge is 0.325 e. The van der Waals surface area contributed by atoms with E-state index in [1.165, 1.54) is 0 Å². The highest BCUT2D eigenvalue weighted by atomic mass is 33.1. The number of rotatable bonds is 22. The van der Waals surface area contributed by atoms with Crippen molar-refractivity contribution in [2.75, 3.05) is 24.6 Å². The average molecular weight is 710 g/mol. The summed E-state index contributed by atoms with van der Waals surface area (Å²) in [5, 5.41) is 80.6. The molecule has 0 saturated heterocycles. The summed E-state index contributed by atoms with van der Waals surface area (Å²) in [6.45, 7) is -1.30. The van der Waals surface area contributed by atoms with Gasteiger partial charge in [0.25, 0.3) is 0 Å². The fourth-order valence-corrected chi connectivity index (χ4v) is 7.41. The van der Waals surface area contributed by atoms with E-state index in [1.807, 2.05) is 0 Å². The number of nitrogens with two attached hydrogens (primary N) is 2. The Hall–Kier alpha value is -3.84. The van der Waals surface area contributed by atoms with Crippen molar-refractivity contribution in [2.45, 2.75) is 47.6 Å². The second-order valence-electron chi connectivity index (χ2n) is 9.09. The van der Waals surface area contributed by atoms with E-state index in [2.05, 4.69) is 12.6 Å². The van der Waals surface area contributed by atoms with E-state index in [0.29, 0.717) is 10.8 Å². The first-order valence-electron chi connectivity index (χ1n) is 11.6. The summed E-state index contributed by atoms with van der Waals surface area (Å²) in [4.78, 5) is 100. The molecule has 0 amide bonds. The van der Waals surface area contributed by atoms with Crippen molar-refractivity contribution in [1.82, 2.24) is 4.90 Å². The molecular formula is C21H31N3O18S3. The van der Waals surface area contributed by atoms with Crippen LogP contribution >= 0.6 is 34.2 Å². The topological polar surface area (TPSA) is 391 Å². The summed E-state index contributed by atoms with van der Waals surface area (Å²) in [5.74, 6) is -15.2. The van der Waals surface area contributed by atoms with Gasteiger partial charge in [0.1, 0.15) is 17.1 Å². The van der Waals surface area contributed by atoms with Gasteiger partial charge >= 0.3 is 53.7 Å². The first kappa shape index (κ1) is 43.3. The Morgan fingerprint density at radius 2 is 1.02 bits per heavy atom. The third-order valence-corrected chi connectivity index (χ3v) is 9.23. The SMILES string of the molecule is NC(CSSC(CC(=O)O)(CC(=O)O)C(N)(CC(=O)O)C(=O)O)(CC(=O)O)C(=O)O.O=C(O)CN(CC(=O)O)[C@@H](CS)C(=O)O. The summed E-state index contributed by atoms with van der Waals surface area (Å²) in [6.07, 6.45) is -4.83. The fourth-order valence-electron chi connectivity index (χ4n) is 3.35. The molecule has 21 nitrogen and oxygen atoms in total. The number of carboxylic acids is 9. The Kier molecular flexibility index (Phi) is 18.1. The molecule has 0 saturated carbocycles. The quantitative estimate of drug-likeness (QED) is 0.0405. The minimum atomic E-state index is -2.90. The molecular weight excluding hydrogens is 678 g/mol. The molecule has 0 aliphatic carbocycles. The van der Waals surface area contributed by atoms with E-state index in [-0.39, 0.29) is 16.5 Å². The Morgan fingerprint density at radius 1 is 0.622 bits per heavy atom. The van der Waals surface area contributed by atoms with Crippen LogP contribution in [-0.2, 0) is 43.2 Å². The first-order valence-corrected chi connectivity index (χ1v) is 14.6. The number of hydrogen-bond donors (Lipinski definition) is 12. The van der Waals surface area contributed by atoms with Crippen LogP contribution in [0.4, 0.5) is 0 Å². The predicted molar refractivity (Wildman–Crippen MR) is 153 cm³/mol. The van der Waals surface area contributed by atoms with Crippen LogP contribution < -0.4 is 11.5 Å². The Balaban J connectivity index is 0. The molecule has 0 radical (unpaired) electrons. The van der Waals surface area contributed by atoms with E-state index in [1.54, 1.807) is 0 Å². The minimum Gasteiger partial charge on any atom is -0.481 e. The van der Waals surface area contributed by atoms with E-state index in [4.69, 9.17) is 37.0 Å². The second kappa shape index (κ2) is 18.8. The third-order valence-electron chi connectivity index (χ3n) is 5.50. The van der Waals surface area contributed by atoms with Gasteiger partial charge in [-0.05, 0) is 0 Å². The first-order chi connectivity index (χ1) is 20.4. The van der Waals surface area contributed by atoms with Crippen LogP contribution in [-0.4, -0.2) is 151 Å². The molecule has 0 rings (SSSR count). The summed E-state index contributed by atoms with van der Waals surface area (Å²) >= 11 is 3.73. The summed E-state index contributed by atoms with van der Waals surface area (Å²) in [6, 6.07) is -1.22. The van der Waals surface area contributed by atoms with Gasteiger partial charge in [-0.25, -0.2) is 0 Å². The lowest BCUT2D eigenvalue weighted by Gasteiger charge is -2.42. The van der Waals surface area contributed by atoms with Gasteiger partial charge in [-0.1, -0.05) is 21.6 Å². The van der Waals surface area contributed by atoms with Gasteiger partial charge in [0, 0.05) is 11.5 Å². The number of carbonyl (C=O) groups is 9. The minimum absolute atomic E-state index is 0.157. The maximum Gasteiger partial charge on any atom is 0.325 e. The van der Waals surface area contributed by atoms with Gasteiger partial charge in [-0.3, -0.25) is 48.1 Å². The fraction of sp³-hybridized carbons (Fsp3) is 0.571. The highest BCUT2D eigenvalue weighted by Crippen LogP contribution is 2.49. The molecule has 0 aromatic heterocycles. The Bertz CT molecular complexity index is 1140.